The Morgan fingerprint density at radius 3 is 2.33 bits per heavy atom. The Labute approximate surface area is 178 Å². The number of aryl methyl sites for hydroxylation is 1. The lowest BCUT2D eigenvalue weighted by Gasteiger charge is -2.11. The molecular weight excluding hydrogens is 368 g/mol. The molecule has 0 unspecified atom stereocenters. The van der Waals surface area contributed by atoms with Crippen LogP contribution in [-0.2, 0) is 6.54 Å². The summed E-state index contributed by atoms with van der Waals surface area (Å²) in [5.74, 6) is -0.0973. The highest BCUT2D eigenvalue weighted by Crippen LogP contribution is 2.31. The van der Waals surface area contributed by atoms with E-state index >= 15 is 0 Å². The number of amides is 1. The molecule has 152 valence electrons. The fourth-order valence-corrected chi connectivity index (χ4v) is 3.77. The van der Waals surface area contributed by atoms with Crippen LogP contribution in [0.1, 0.15) is 43.6 Å². The second kappa shape index (κ2) is 7.83. The molecule has 0 spiro atoms. The fourth-order valence-electron chi connectivity index (χ4n) is 3.77. The first-order valence-corrected chi connectivity index (χ1v) is 10.5. The zero-order valence-electron chi connectivity index (χ0n) is 18.1. The summed E-state index contributed by atoms with van der Waals surface area (Å²) < 4.78 is 2.31. The molecule has 1 heterocycles. The number of carbonyl (C=O) groups excluding carboxylic acids is 1. The minimum Gasteiger partial charge on any atom is -0.341 e. The molecule has 0 aliphatic carbocycles. The number of hydrogen-bond donors (Lipinski definition) is 1. The van der Waals surface area contributed by atoms with Gasteiger partial charge >= 0.3 is 0 Å². The Balaban J connectivity index is 1.59. The quantitative estimate of drug-likeness (QED) is 0.391. The molecule has 0 aliphatic heterocycles. The molecule has 1 amide bonds. The van der Waals surface area contributed by atoms with E-state index in [2.05, 4.69) is 86.1 Å². The van der Waals surface area contributed by atoms with Crippen molar-refractivity contribution in [1.29, 1.82) is 0 Å². The topological polar surface area (TPSA) is 34.0 Å². The molecule has 0 fully saturated rings. The van der Waals surface area contributed by atoms with E-state index in [9.17, 15) is 4.79 Å². The number of aromatic nitrogens is 1. The van der Waals surface area contributed by atoms with Crippen LogP contribution in [-0.4, -0.2) is 10.5 Å². The fraction of sp³-hybridized carbons (Fsp3) is 0.222. The van der Waals surface area contributed by atoms with Crippen LogP contribution in [0.4, 0.5) is 5.69 Å². The first kappa shape index (κ1) is 20.0. The van der Waals surface area contributed by atoms with Crippen molar-refractivity contribution in [3.05, 3.63) is 83.9 Å². The number of rotatable bonds is 4. The average molecular weight is 397 g/mol. The van der Waals surface area contributed by atoms with Crippen LogP contribution in [0.15, 0.2) is 72.8 Å². The summed E-state index contributed by atoms with van der Waals surface area (Å²) in [6.07, 6.45) is 4.27. The van der Waals surface area contributed by atoms with Crippen LogP contribution >= 0.6 is 0 Å². The Bertz CT molecular complexity index is 1240. The molecule has 0 aliphatic rings. The molecule has 1 aromatic heterocycles. The zero-order chi connectivity index (χ0) is 21.3. The van der Waals surface area contributed by atoms with E-state index in [1.54, 1.807) is 0 Å². The monoisotopic (exact) mass is 396 g/mol. The zero-order valence-corrected chi connectivity index (χ0v) is 18.1. The van der Waals surface area contributed by atoms with Gasteiger partial charge in [0.15, 0.2) is 0 Å². The van der Waals surface area contributed by atoms with Gasteiger partial charge in [0, 0.05) is 39.6 Å². The SMILES string of the molecule is CCn1c2ccccc2c2cc(NC(=O)c3ccc(C=CC(C)(C)C)cc3)ccc21. The molecule has 0 atom stereocenters. The van der Waals surface area contributed by atoms with Crippen LogP contribution in [0.2, 0.25) is 0 Å². The van der Waals surface area contributed by atoms with Crippen molar-refractivity contribution in [2.75, 3.05) is 5.32 Å². The third-order valence-electron chi connectivity index (χ3n) is 5.30. The van der Waals surface area contributed by atoms with Gasteiger partial charge in [0.1, 0.15) is 0 Å². The summed E-state index contributed by atoms with van der Waals surface area (Å²) in [4.78, 5) is 12.8. The van der Waals surface area contributed by atoms with Crippen LogP contribution in [0.25, 0.3) is 27.9 Å². The van der Waals surface area contributed by atoms with E-state index in [0.29, 0.717) is 5.56 Å². The van der Waals surface area contributed by atoms with E-state index < -0.39 is 0 Å². The first-order valence-electron chi connectivity index (χ1n) is 10.5. The number of benzene rings is 3. The van der Waals surface area contributed by atoms with Crippen molar-refractivity contribution in [2.24, 2.45) is 5.41 Å². The Kier molecular flexibility index (Phi) is 5.21. The molecule has 3 heteroatoms. The van der Waals surface area contributed by atoms with Crippen LogP contribution in [0.3, 0.4) is 0 Å². The minimum absolute atomic E-state index is 0.0973. The standard InChI is InChI=1S/C27H28N2O/c1-5-29-24-9-7-6-8-22(24)23-18-21(14-15-25(23)29)28-26(30)20-12-10-19(11-13-20)16-17-27(2,3)4/h6-18H,5H2,1-4H3,(H,28,30). The lowest BCUT2D eigenvalue weighted by atomic mass is 9.95. The predicted octanol–water partition coefficient (Wildman–Crippen LogP) is 7.13. The van der Waals surface area contributed by atoms with Gasteiger partial charge in [0.25, 0.3) is 5.91 Å². The van der Waals surface area contributed by atoms with E-state index in [-0.39, 0.29) is 11.3 Å². The lowest BCUT2D eigenvalue weighted by Crippen LogP contribution is -2.11. The maximum atomic E-state index is 12.8. The smallest absolute Gasteiger partial charge is 0.255 e. The Hall–Kier alpha value is -3.33. The number of nitrogens with zero attached hydrogens (tertiary/aromatic N) is 1. The molecule has 3 nitrogen and oxygen atoms in total. The molecule has 0 bridgehead atoms. The summed E-state index contributed by atoms with van der Waals surface area (Å²) in [7, 11) is 0. The van der Waals surface area contributed by atoms with E-state index in [0.717, 1.165) is 23.2 Å². The third-order valence-corrected chi connectivity index (χ3v) is 5.30. The van der Waals surface area contributed by atoms with Gasteiger partial charge in [-0.25, -0.2) is 0 Å². The molecule has 3 aromatic carbocycles. The van der Waals surface area contributed by atoms with Gasteiger partial charge in [-0.05, 0) is 54.3 Å². The molecular formula is C27H28N2O. The predicted molar refractivity (Wildman–Crippen MR) is 128 cm³/mol. The minimum atomic E-state index is -0.0973. The van der Waals surface area contributed by atoms with Crippen LogP contribution in [0, 0.1) is 5.41 Å². The summed E-state index contributed by atoms with van der Waals surface area (Å²) in [6.45, 7) is 9.56. The Morgan fingerprint density at radius 1 is 0.933 bits per heavy atom. The number of hydrogen-bond acceptors (Lipinski definition) is 1. The second-order valence-corrected chi connectivity index (χ2v) is 8.77. The van der Waals surface area contributed by atoms with Crippen molar-refractivity contribution in [3.63, 3.8) is 0 Å². The molecule has 0 saturated heterocycles. The lowest BCUT2D eigenvalue weighted by molar-refractivity contribution is 0.102. The molecule has 30 heavy (non-hydrogen) atoms. The van der Waals surface area contributed by atoms with Gasteiger partial charge in [0.05, 0.1) is 0 Å². The van der Waals surface area contributed by atoms with E-state index in [1.165, 1.54) is 16.4 Å². The molecule has 0 radical (unpaired) electrons. The average Bonchev–Trinajstić information content (AvgIpc) is 3.05. The van der Waals surface area contributed by atoms with Gasteiger partial charge in [-0.1, -0.05) is 63.3 Å². The van der Waals surface area contributed by atoms with Crippen LogP contribution in [0.5, 0.6) is 0 Å². The largest absolute Gasteiger partial charge is 0.341 e. The van der Waals surface area contributed by atoms with E-state index in [1.807, 2.05) is 30.3 Å². The van der Waals surface area contributed by atoms with Gasteiger partial charge < -0.3 is 9.88 Å². The number of para-hydroxylation sites is 1. The van der Waals surface area contributed by atoms with Crippen molar-refractivity contribution < 1.29 is 4.79 Å². The highest BCUT2D eigenvalue weighted by Gasteiger charge is 2.12. The van der Waals surface area contributed by atoms with Crippen molar-refractivity contribution >= 4 is 39.5 Å². The Morgan fingerprint density at radius 2 is 1.63 bits per heavy atom. The molecule has 1 N–H and O–H groups in total. The number of fused-ring (bicyclic) bond motifs is 3. The van der Waals surface area contributed by atoms with Crippen LogP contribution < -0.4 is 5.32 Å². The maximum Gasteiger partial charge on any atom is 0.255 e. The highest BCUT2D eigenvalue weighted by atomic mass is 16.1. The molecule has 0 saturated carbocycles. The maximum absolute atomic E-state index is 12.8. The van der Waals surface area contributed by atoms with Crippen molar-refractivity contribution in [3.8, 4) is 0 Å². The van der Waals surface area contributed by atoms with Gasteiger partial charge in [-0.15, -0.1) is 0 Å². The molecule has 4 rings (SSSR count). The summed E-state index contributed by atoms with van der Waals surface area (Å²) in [5, 5.41) is 5.42. The summed E-state index contributed by atoms with van der Waals surface area (Å²) >= 11 is 0. The number of nitrogens with one attached hydrogen (secondary N) is 1. The van der Waals surface area contributed by atoms with Crippen molar-refractivity contribution in [2.45, 2.75) is 34.2 Å². The number of allylic oxidation sites excluding steroid dienone is 1. The van der Waals surface area contributed by atoms with Crippen molar-refractivity contribution in [1.82, 2.24) is 4.57 Å². The highest BCUT2D eigenvalue weighted by molar-refractivity contribution is 6.11. The summed E-state index contributed by atoms with van der Waals surface area (Å²) in [6, 6.07) is 22.3. The van der Waals surface area contributed by atoms with Gasteiger partial charge in [-0.3, -0.25) is 4.79 Å². The van der Waals surface area contributed by atoms with E-state index in [4.69, 9.17) is 0 Å². The first-order chi connectivity index (χ1) is 14.4. The number of anilines is 1. The normalized spacial score (nSPS) is 12.1. The number of carbonyl (C=O) groups is 1. The van der Waals surface area contributed by atoms with Gasteiger partial charge in [-0.2, -0.15) is 0 Å². The molecule has 4 aromatic rings. The third kappa shape index (κ3) is 4.02. The summed E-state index contributed by atoms with van der Waals surface area (Å²) in [5.41, 5.74) is 5.09. The van der Waals surface area contributed by atoms with Gasteiger partial charge in [0.2, 0.25) is 0 Å². The second-order valence-electron chi connectivity index (χ2n) is 8.77.